The molecule has 11 heteroatoms. The quantitative estimate of drug-likeness (QED) is 0.290. The highest BCUT2D eigenvalue weighted by atomic mass is 28.3. The molecule has 242 valence electrons. The number of H-pyrrole nitrogens is 1. The lowest BCUT2D eigenvalue weighted by Gasteiger charge is -2.26. The molecule has 3 heterocycles. The van der Waals surface area contributed by atoms with Gasteiger partial charge in [0.15, 0.2) is 5.67 Å². The second-order valence-corrected chi connectivity index (χ2v) is 16.6. The van der Waals surface area contributed by atoms with Gasteiger partial charge >= 0.3 is 21.0 Å². The molecule has 2 atom stereocenters. The lowest BCUT2D eigenvalue weighted by molar-refractivity contribution is -0.119. The summed E-state index contributed by atoms with van der Waals surface area (Å²) in [6, 6.07) is 13.4. The van der Waals surface area contributed by atoms with E-state index in [2.05, 4.69) is 28.7 Å². The van der Waals surface area contributed by atoms with Gasteiger partial charge in [-0.2, -0.15) is 0 Å². The average Bonchev–Trinajstić information content (AvgIpc) is 3.74. The normalized spacial score (nSPS) is 18.2. The Morgan fingerprint density at radius 1 is 0.913 bits per heavy atom. The van der Waals surface area contributed by atoms with Gasteiger partial charge in [0.1, 0.15) is 11.2 Å². The fourth-order valence-corrected chi connectivity index (χ4v) is 7.96. The largest absolute Gasteiger partial charge is 0.444 e. The van der Waals surface area contributed by atoms with E-state index < -0.39 is 20.0 Å². The smallest absolute Gasteiger partial charge is 0.419 e. The van der Waals surface area contributed by atoms with Crippen molar-refractivity contribution in [2.45, 2.75) is 84.2 Å². The van der Waals surface area contributed by atoms with Crippen molar-refractivity contribution >= 4 is 49.1 Å². The number of amides is 3. The van der Waals surface area contributed by atoms with Crippen LogP contribution in [0.4, 0.5) is 15.3 Å². The number of benzene rings is 2. The zero-order valence-electron chi connectivity index (χ0n) is 27.8. The van der Waals surface area contributed by atoms with Crippen LogP contribution in [0.25, 0.3) is 11.0 Å². The Kier molecular flexibility index (Phi) is 9.49. The zero-order valence-corrected chi connectivity index (χ0v) is 28.8. The lowest BCUT2D eigenvalue weighted by Crippen LogP contribution is -2.51. The number of ether oxygens (including phenoxy) is 2. The lowest BCUT2D eigenvalue weighted by atomic mass is 10.1. The number of rotatable bonds is 4. The Morgan fingerprint density at radius 2 is 1.57 bits per heavy atom. The maximum absolute atomic E-state index is 12.8. The van der Waals surface area contributed by atoms with E-state index in [1.54, 1.807) is 4.90 Å². The summed E-state index contributed by atoms with van der Waals surface area (Å²) in [7, 11) is -1.18. The standard InChI is InChI=1S/C35H43N5O5Si/c1-34(2,3)44-32(42)39-20-18-25(22-39)30(41)36-26-15-12-23(13-16-26)10-11-24-14-17-27-28(21-24)38-31(37-27)46(7)29-9-8-19-40(29)33(43)45-35(4,5)6/h12-17,21,25,29H,8-9,18-20,22H2,1-7H3,(H-,36,37,38,41)/p+1. The van der Waals surface area contributed by atoms with Crippen LogP contribution >= 0.6 is 0 Å². The van der Waals surface area contributed by atoms with Gasteiger partial charge in [-0.05, 0) is 103 Å². The predicted molar refractivity (Wildman–Crippen MR) is 180 cm³/mol. The van der Waals surface area contributed by atoms with Gasteiger partial charge in [0.25, 0.3) is 5.45 Å². The second kappa shape index (κ2) is 13.2. The fraction of sp³-hybridized carbons (Fsp3) is 0.486. The summed E-state index contributed by atoms with van der Waals surface area (Å²) in [6.07, 6.45) is 1.89. The maximum atomic E-state index is 12.8. The van der Waals surface area contributed by atoms with Crippen LogP contribution in [0.15, 0.2) is 42.5 Å². The molecule has 0 aliphatic carbocycles. The summed E-state index contributed by atoms with van der Waals surface area (Å²) in [4.78, 5) is 49.9. The molecule has 46 heavy (non-hydrogen) atoms. The molecule has 2 unspecified atom stereocenters. The van der Waals surface area contributed by atoms with Crippen molar-refractivity contribution in [2.24, 2.45) is 5.92 Å². The fourth-order valence-electron chi connectivity index (χ4n) is 5.68. The van der Waals surface area contributed by atoms with Crippen LogP contribution in [0.1, 0.15) is 71.9 Å². The minimum Gasteiger partial charge on any atom is -0.444 e. The van der Waals surface area contributed by atoms with Crippen molar-refractivity contribution < 1.29 is 23.9 Å². The number of carbonyl (C=O) groups excluding carboxylic acids is 3. The van der Waals surface area contributed by atoms with Gasteiger partial charge < -0.3 is 24.7 Å². The molecule has 2 aromatic carbocycles. The van der Waals surface area contributed by atoms with E-state index in [1.807, 2.05) is 88.9 Å². The first kappa shape index (κ1) is 33.1. The second-order valence-electron chi connectivity index (χ2n) is 14.1. The first-order valence-corrected chi connectivity index (χ1v) is 18.0. The number of aromatic nitrogens is 2. The first-order chi connectivity index (χ1) is 21.6. The van der Waals surface area contributed by atoms with Crippen LogP contribution in [-0.4, -0.2) is 83.2 Å². The van der Waals surface area contributed by atoms with Gasteiger partial charge in [-0.3, -0.25) is 9.69 Å². The van der Waals surface area contributed by atoms with Crippen LogP contribution in [0.2, 0.25) is 6.55 Å². The molecule has 3 aromatic rings. The molecule has 10 nitrogen and oxygen atoms in total. The Morgan fingerprint density at radius 3 is 2.26 bits per heavy atom. The molecule has 0 spiro atoms. The monoisotopic (exact) mass is 642 g/mol. The number of carbonyl (C=O) groups is 3. The van der Waals surface area contributed by atoms with Gasteiger partial charge in [0, 0.05) is 36.4 Å². The summed E-state index contributed by atoms with van der Waals surface area (Å²) in [6.45, 7) is 14.9. The Balaban J connectivity index is 1.18. The molecule has 2 N–H and O–H groups in total. The van der Waals surface area contributed by atoms with Gasteiger partial charge in [-0.15, -0.1) is 0 Å². The highest BCUT2D eigenvalue weighted by Gasteiger charge is 2.48. The van der Waals surface area contributed by atoms with Gasteiger partial charge in [0.05, 0.1) is 23.5 Å². The molecule has 2 saturated heterocycles. The molecule has 2 aliphatic heterocycles. The van der Waals surface area contributed by atoms with Crippen molar-refractivity contribution in [3.8, 4) is 11.8 Å². The van der Waals surface area contributed by atoms with Crippen LogP contribution in [0.3, 0.4) is 0 Å². The molecule has 2 fully saturated rings. The number of anilines is 1. The van der Waals surface area contributed by atoms with Crippen LogP contribution in [-0.2, 0) is 14.3 Å². The molecular formula is C35H44N5O5Si+. The Bertz CT molecular complexity index is 1660. The highest BCUT2D eigenvalue weighted by Crippen LogP contribution is 2.24. The number of fused-ring (bicyclic) bond motifs is 1. The zero-order chi connectivity index (χ0) is 33.2. The van der Waals surface area contributed by atoms with E-state index in [0.29, 0.717) is 31.7 Å². The Hall–Kier alpha value is -4.30. The molecule has 3 amide bonds. The van der Waals surface area contributed by atoms with E-state index in [1.165, 1.54) is 0 Å². The van der Waals surface area contributed by atoms with E-state index in [4.69, 9.17) is 14.5 Å². The predicted octanol–water partition coefficient (Wildman–Crippen LogP) is 5.43. The SMILES string of the molecule is C[Si+](c1nc2ccc(C#Cc3ccc(NC(=O)C4CCN(C(=O)OC(C)(C)C)C4)cc3)cc2[nH]1)C1CCCN1C(=O)OC(C)(C)C. The molecule has 5 rings (SSSR count). The maximum Gasteiger partial charge on any atom is 0.419 e. The van der Waals surface area contributed by atoms with Crippen LogP contribution in [0, 0.1) is 17.8 Å². The van der Waals surface area contributed by atoms with Crippen LogP contribution in [0.5, 0.6) is 0 Å². The first-order valence-electron chi connectivity index (χ1n) is 15.9. The topological polar surface area (TPSA) is 117 Å². The summed E-state index contributed by atoms with van der Waals surface area (Å²) >= 11 is 0. The molecular weight excluding hydrogens is 599 g/mol. The van der Waals surface area contributed by atoms with E-state index in [-0.39, 0.29) is 29.7 Å². The third-order valence-corrected chi connectivity index (χ3v) is 10.5. The van der Waals surface area contributed by atoms with Gasteiger partial charge in [-0.1, -0.05) is 11.8 Å². The summed E-state index contributed by atoms with van der Waals surface area (Å²) in [5.74, 6) is 6.04. The number of hydrogen-bond donors (Lipinski definition) is 2. The number of nitrogens with zero attached hydrogens (tertiary/aromatic N) is 3. The van der Waals surface area contributed by atoms with E-state index in [9.17, 15) is 14.4 Å². The number of nitrogens with one attached hydrogen (secondary N) is 2. The van der Waals surface area contributed by atoms with Crippen LogP contribution < -0.4 is 10.8 Å². The van der Waals surface area contributed by atoms with Crippen molar-refractivity contribution in [3.63, 3.8) is 0 Å². The number of imidazole rings is 1. The summed E-state index contributed by atoms with van der Waals surface area (Å²) in [5, 5.41) is 2.96. The van der Waals surface area contributed by atoms with Crippen molar-refractivity contribution in [1.82, 2.24) is 19.8 Å². The van der Waals surface area contributed by atoms with Crippen molar-refractivity contribution in [3.05, 3.63) is 53.6 Å². The minimum atomic E-state index is -1.18. The molecule has 1 aromatic heterocycles. The molecule has 0 bridgehead atoms. The summed E-state index contributed by atoms with van der Waals surface area (Å²) < 4.78 is 11.1. The van der Waals surface area contributed by atoms with Gasteiger partial charge in [-0.25, -0.2) is 14.6 Å². The third kappa shape index (κ3) is 8.29. The van der Waals surface area contributed by atoms with Gasteiger partial charge in [0.2, 0.25) is 5.91 Å². The van der Waals surface area contributed by atoms with Crippen molar-refractivity contribution in [1.29, 1.82) is 0 Å². The third-order valence-electron chi connectivity index (χ3n) is 7.95. The highest BCUT2D eigenvalue weighted by molar-refractivity contribution is 6.72. The minimum absolute atomic E-state index is 0.112. The summed E-state index contributed by atoms with van der Waals surface area (Å²) in [5.41, 5.74) is 4.13. The average molecular weight is 643 g/mol. The Labute approximate surface area is 272 Å². The van der Waals surface area contributed by atoms with E-state index in [0.717, 1.165) is 40.4 Å². The van der Waals surface area contributed by atoms with Crippen molar-refractivity contribution in [2.75, 3.05) is 25.0 Å². The molecule has 0 radical (unpaired) electrons. The molecule has 2 aliphatic rings. The number of hydrogen-bond acceptors (Lipinski definition) is 6. The molecule has 0 saturated carbocycles. The number of likely N-dealkylation sites (tertiary alicyclic amines) is 2. The number of aromatic amines is 1. The van der Waals surface area contributed by atoms with E-state index >= 15 is 0 Å².